The lowest BCUT2D eigenvalue weighted by atomic mass is 10.3. The van der Waals surface area contributed by atoms with Crippen LogP contribution in [-0.4, -0.2) is 19.9 Å². The maximum atomic E-state index is 5.83. The van der Waals surface area contributed by atoms with Gasteiger partial charge in [0.2, 0.25) is 11.7 Å². The van der Waals surface area contributed by atoms with Crippen LogP contribution in [-0.2, 0) is 13.6 Å². The third-order valence-electron chi connectivity index (χ3n) is 2.72. The van der Waals surface area contributed by atoms with Crippen molar-refractivity contribution in [2.75, 3.05) is 5.32 Å². The van der Waals surface area contributed by atoms with Crippen LogP contribution in [0.2, 0.25) is 5.02 Å². The Kier molecular flexibility index (Phi) is 3.39. The Balaban J connectivity index is 1.67. The van der Waals surface area contributed by atoms with Gasteiger partial charge < -0.3 is 9.84 Å². The van der Waals surface area contributed by atoms with Crippen molar-refractivity contribution in [2.45, 2.75) is 6.54 Å². The molecule has 0 unspecified atom stereocenters. The van der Waals surface area contributed by atoms with Crippen molar-refractivity contribution >= 4 is 17.3 Å². The smallest absolute Gasteiger partial charge is 0.246 e. The average molecular weight is 290 g/mol. The molecule has 1 N–H and O–H groups in total. The molecule has 1 aromatic carbocycles. The molecule has 0 fully saturated rings. The van der Waals surface area contributed by atoms with E-state index in [2.05, 4.69) is 20.6 Å². The van der Waals surface area contributed by atoms with E-state index >= 15 is 0 Å². The second kappa shape index (κ2) is 5.34. The first-order chi connectivity index (χ1) is 9.70. The summed E-state index contributed by atoms with van der Waals surface area (Å²) in [5, 5.41) is 11.9. The van der Waals surface area contributed by atoms with Crippen LogP contribution in [0.4, 0.5) is 5.69 Å². The minimum absolute atomic E-state index is 0.453. The van der Waals surface area contributed by atoms with Crippen LogP contribution >= 0.6 is 11.6 Å². The highest BCUT2D eigenvalue weighted by Crippen LogP contribution is 2.16. The Bertz CT molecular complexity index is 704. The fourth-order valence-corrected chi connectivity index (χ4v) is 1.85. The first kappa shape index (κ1) is 12.7. The maximum Gasteiger partial charge on any atom is 0.246 e. The van der Waals surface area contributed by atoms with Crippen LogP contribution in [0.3, 0.4) is 0 Å². The number of rotatable bonds is 4. The summed E-state index contributed by atoms with van der Waals surface area (Å²) in [6.07, 6.45) is 3.53. The summed E-state index contributed by atoms with van der Waals surface area (Å²) >= 11 is 5.83. The quantitative estimate of drug-likeness (QED) is 0.800. The van der Waals surface area contributed by atoms with E-state index in [0.29, 0.717) is 23.3 Å². The number of halogens is 1. The number of aryl methyl sites for hydroxylation is 1. The van der Waals surface area contributed by atoms with Gasteiger partial charge in [-0.15, -0.1) is 0 Å². The summed E-state index contributed by atoms with van der Waals surface area (Å²) in [6.45, 7) is 0.453. The van der Waals surface area contributed by atoms with E-state index in [1.54, 1.807) is 10.9 Å². The van der Waals surface area contributed by atoms with Crippen LogP contribution < -0.4 is 5.32 Å². The number of hydrogen-bond acceptors (Lipinski definition) is 5. The fraction of sp³-hybridized carbons (Fsp3) is 0.154. The summed E-state index contributed by atoms with van der Waals surface area (Å²) in [6, 6.07) is 7.42. The first-order valence-electron chi connectivity index (χ1n) is 6.02. The van der Waals surface area contributed by atoms with Crippen LogP contribution in [0.25, 0.3) is 11.4 Å². The van der Waals surface area contributed by atoms with Gasteiger partial charge >= 0.3 is 0 Å². The highest BCUT2D eigenvalue weighted by atomic mass is 35.5. The molecular weight excluding hydrogens is 278 g/mol. The molecule has 102 valence electrons. The molecule has 7 heteroatoms. The number of aromatic nitrogens is 4. The van der Waals surface area contributed by atoms with Crippen molar-refractivity contribution in [3.63, 3.8) is 0 Å². The molecule has 0 spiro atoms. The molecule has 3 aromatic rings. The fourth-order valence-electron chi connectivity index (χ4n) is 1.73. The van der Waals surface area contributed by atoms with Crippen molar-refractivity contribution < 1.29 is 4.52 Å². The summed E-state index contributed by atoms with van der Waals surface area (Å²) in [5.41, 5.74) is 1.77. The molecular formula is C13H12ClN5O. The van der Waals surface area contributed by atoms with Crippen molar-refractivity contribution in [1.29, 1.82) is 0 Å². The first-order valence-corrected chi connectivity index (χ1v) is 6.39. The average Bonchev–Trinajstić information content (AvgIpc) is 3.07. The largest absolute Gasteiger partial charge is 0.376 e. The number of nitrogens with one attached hydrogen (secondary N) is 1. The van der Waals surface area contributed by atoms with Crippen molar-refractivity contribution in [1.82, 2.24) is 19.9 Å². The molecule has 0 saturated carbocycles. The number of nitrogens with zero attached hydrogens (tertiary/aromatic N) is 4. The number of benzene rings is 1. The molecule has 2 heterocycles. The van der Waals surface area contributed by atoms with E-state index in [1.165, 1.54) is 0 Å². The van der Waals surface area contributed by atoms with E-state index in [4.69, 9.17) is 16.1 Å². The second-order valence-electron chi connectivity index (χ2n) is 4.27. The van der Waals surface area contributed by atoms with Gasteiger partial charge in [0.05, 0.1) is 18.3 Å². The predicted molar refractivity (Wildman–Crippen MR) is 75.3 cm³/mol. The lowest BCUT2D eigenvalue weighted by Crippen LogP contribution is -1.99. The van der Waals surface area contributed by atoms with Gasteiger partial charge in [0.25, 0.3) is 0 Å². The predicted octanol–water partition coefficient (Wildman–Crippen LogP) is 2.74. The number of hydrogen-bond donors (Lipinski definition) is 1. The third kappa shape index (κ3) is 2.80. The van der Waals surface area contributed by atoms with E-state index in [9.17, 15) is 0 Å². The Labute approximate surface area is 120 Å². The molecule has 0 bridgehead atoms. The molecule has 0 saturated heterocycles. The molecule has 0 radical (unpaired) electrons. The minimum Gasteiger partial charge on any atom is -0.376 e. The Morgan fingerprint density at radius 1 is 1.30 bits per heavy atom. The molecule has 0 amide bonds. The normalized spacial score (nSPS) is 10.7. The lowest BCUT2D eigenvalue weighted by Gasteiger charge is -2.02. The van der Waals surface area contributed by atoms with E-state index in [1.807, 2.05) is 37.5 Å². The van der Waals surface area contributed by atoms with Crippen LogP contribution in [0.1, 0.15) is 5.89 Å². The highest BCUT2D eigenvalue weighted by molar-refractivity contribution is 6.30. The summed E-state index contributed by atoms with van der Waals surface area (Å²) in [4.78, 5) is 4.31. The van der Waals surface area contributed by atoms with Gasteiger partial charge in [-0.3, -0.25) is 4.68 Å². The van der Waals surface area contributed by atoms with Gasteiger partial charge in [0, 0.05) is 24.0 Å². The highest BCUT2D eigenvalue weighted by Gasteiger charge is 2.09. The zero-order chi connectivity index (χ0) is 13.9. The van der Waals surface area contributed by atoms with Crippen LogP contribution in [0, 0.1) is 0 Å². The van der Waals surface area contributed by atoms with E-state index < -0.39 is 0 Å². The Hall–Kier alpha value is -2.34. The summed E-state index contributed by atoms with van der Waals surface area (Å²) in [5.74, 6) is 1.05. The zero-order valence-corrected chi connectivity index (χ0v) is 11.5. The third-order valence-corrected chi connectivity index (χ3v) is 2.97. The van der Waals surface area contributed by atoms with Crippen molar-refractivity contribution in [2.24, 2.45) is 7.05 Å². The molecule has 6 nitrogen and oxygen atoms in total. The summed E-state index contributed by atoms with van der Waals surface area (Å²) in [7, 11) is 1.84. The van der Waals surface area contributed by atoms with Gasteiger partial charge in [-0.2, -0.15) is 10.1 Å². The molecule has 0 atom stereocenters. The zero-order valence-electron chi connectivity index (χ0n) is 10.7. The number of anilines is 1. The molecule has 0 aliphatic rings. The molecule has 20 heavy (non-hydrogen) atoms. The van der Waals surface area contributed by atoms with Gasteiger partial charge in [-0.25, -0.2) is 0 Å². The Morgan fingerprint density at radius 2 is 2.10 bits per heavy atom. The molecule has 0 aliphatic heterocycles. The van der Waals surface area contributed by atoms with E-state index in [0.717, 1.165) is 11.3 Å². The second-order valence-corrected chi connectivity index (χ2v) is 4.71. The maximum absolute atomic E-state index is 5.83. The standard InChI is InChI=1S/C13H12ClN5O/c1-19-8-9(6-16-19)13-17-12(20-18-13)7-15-11-4-2-10(14)3-5-11/h2-6,8,15H,7H2,1H3. The van der Waals surface area contributed by atoms with Gasteiger partial charge in [-0.1, -0.05) is 16.8 Å². The summed E-state index contributed by atoms with van der Waals surface area (Å²) < 4.78 is 6.88. The Morgan fingerprint density at radius 3 is 2.80 bits per heavy atom. The van der Waals surface area contributed by atoms with Gasteiger partial charge in [-0.05, 0) is 24.3 Å². The molecule has 0 aliphatic carbocycles. The van der Waals surface area contributed by atoms with E-state index in [-0.39, 0.29) is 0 Å². The van der Waals surface area contributed by atoms with Crippen LogP contribution in [0.15, 0.2) is 41.2 Å². The molecule has 2 aromatic heterocycles. The molecule has 3 rings (SSSR count). The van der Waals surface area contributed by atoms with Crippen molar-refractivity contribution in [3.05, 3.63) is 47.6 Å². The monoisotopic (exact) mass is 289 g/mol. The van der Waals surface area contributed by atoms with Crippen molar-refractivity contribution in [3.8, 4) is 11.4 Å². The topological polar surface area (TPSA) is 68.8 Å². The lowest BCUT2D eigenvalue weighted by molar-refractivity contribution is 0.384. The van der Waals surface area contributed by atoms with Gasteiger partial charge in [0.15, 0.2) is 0 Å². The van der Waals surface area contributed by atoms with Gasteiger partial charge in [0.1, 0.15) is 0 Å². The SMILES string of the molecule is Cn1cc(-c2noc(CNc3ccc(Cl)cc3)n2)cn1. The minimum atomic E-state index is 0.453. The van der Waals surface area contributed by atoms with Crippen LogP contribution in [0.5, 0.6) is 0 Å².